The number of ether oxygens (including phenoxy) is 2. The number of carbonyl (C=O) groups is 1. The van der Waals surface area contributed by atoms with Crippen LogP contribution < -0.4 is 4.74 Å². The van der Waals surface area contributed by atoms with Gasteiger partial charge in [-0.15, -0.1) is 12.4 Å². The summed E-state index contributed by atoms with van der Waals surface area (Å²) < 4.78 is 13.1. The zero-order valence-corrected chi connectivity index (χ0v) is 18.9. The van der Waals surface area contributed by atoms with E-state index in [1.54, 1.807) is 55.7 Å². The highest BCUT2D eigenvalue weighted by molar-refractivity contribution is 6.07. The molecule has 0 radical (unpaired) electrons. The highest BCUT2D eigenvalue weighted by atomic mass is 35.5. The van der Waals surface area contributed by atoms with Crippen molar-refractivity contribution in [3.05, 3.63) is 77.7 Å². The summed E-state index contributed by atoms with van der Waals surface area (Å²) in [7, 11) is 1.84. The number of phenolic OH excluding ortho intramolecular Hbond substituents is 1. The zero-order valence-electron chi connectivity index (χ0n) is 18.1. The molecule has 168 valence electrons. The molecular weight excluding hydrogens is 442 g/mol. The first-order valence-electron chi connectivity index (χ1n) is 10.1. The number of nitrogens with zero attached hydrogens (tertiary/aromatic N) is 3. The van der Waals surface area contributed by atoms with E-state index < -0.39 is 5.97 Å². The number of halogens is 1. The standard InChI is InChI=1S/C25H21N3O4.ClH/c1-3-31-25(30)24-20-12-23(29)19(17-5-4-10-27-14-17)11-21(20)28(2)22(24)15-32-18-8-6-16(13-26)7-9-18;/h4-12,14,29H,3,15H2,1-2H3;1H. The number of pyridine rings is 1. The van der Waals surface area contributed by atoms with Gasteiger partial charge in [-0.05, 0) is 49.4 Å². The second-order valence-electron chi connectivity index (χ2n) is 7.15. The van der Waals surface area contributed by atoms with E-state index in [-0.39, 0.29) is 31.4 Å². The molecule has 7 nitrogen and oxygen atoms in total. The monoisotopic (exact) mass is 463 g/mol. The number of aromatic hydroxyl groups is 1. The van der Waals surface area contributed by atoms with Crippen LogP contribution in [0.15, 0.2) is 60.9 Å². The van der Waals surface area contributed by atoms with E-state index in [1.807, 2.05) is 23.7 Å². The maximum absolute atomic E-state index is 12.8. The summed E-state index contributed by atoms with van der Waals surface area (Å²) in [6.07, 6.45) is 3.34. The quantitative estimate of drug-likeness (QED) is 0.404. The Morgan fingerprint density at radius 3 is 2.61 bits per heavy atom. The van der Waals surface area contributed by atoms with Gasteiger partial charge in [0.05, 0.1) is 29.5 Å². The number of rotatable bonds is 6. The topological polar surface area (TPSA) is 97.4 Å². The molecule has 0 unspecified atom stereocenters. The van der Waals surface area contributed by atoms with Gasteiger partial charge in [-0.2, -0.15) is 5.26 Å². The van der Waals surface area contributed by atoms with Crippen molar-refractivity contribution in [2.45, 2.75) is 13.5 Å². The number of hydrogen-bond donors (Lipinski definition) is 1. The lowest BCUT2D eigenvalue weighted by atomic mass is 10.0. The maximum atomic E-state index is 12.8. The lowest BCUT2D eigenvalue weighted by Gasteiger charge is -2.10. The van der Waals surface area contributed by atoms with E-state index in [0.29, 0.717) is 33.5 Å². The minimum Gasteiger partial charge on any atom is -0.507 e. The van der Waals surface area contributed by atoms with E-state index >= 15 is 0 Å². The summed E-state index contributed by atoms with van der Waals surface area (Å²) in [5.74, 6) is 0.134. The predicted molar refractivity (Wildman–Crippen MR) is 127 cm³/mol. The molecular formula is C25H22ClN3O4. The number of esters is 1. The van der Waals surface area contributed by atoms with E-state index in [0.717, 1.165) is 11.1 Å². The van der Waals surface area contributed by atoms with Crippen LogP contribution in [0.1, 0.15) is 28.5 Å². The SMILES string of the molecule is CCOC(=O)c1c(COc2ccc(C#N)cc2)n(C)c2cc(-c3cccnc3)c(O)cc12.Cl. The molecule has 0 aliphatic rings. The third-order valence-corrected chi connectivity index (χ3v) is 5.25. The average molecular weight is 464 g/mol. The fourth-order valence-corrected chi connectivity index (χ4v) is 3.65. The summed E-state index contributed by atoms with van der Waals surface area (Å²) in [4.78, 5) is 17.0. The maximum Gasteiger partial charge on any atom is 0.340 e. The van der Waals surface area contributed by atoms with Crippen LogP contribution in [0.3, 0.4) is 0 Å². The Hall–Kier alpha value is -4.02. The van der Waals surface area contributed by atoms with Crippen molar-refractivity contribution in [2.24, 2.45) is 7.05 Å². The van der Waals surface area contributed by atoms with Crippen LogP contribution in [0.2, 0.25) is 0 Å². The first-order valence-corrected chi connectivity index (χ1v) is 10.1. The van der Waals surface area contributed by atoms with Crippen LogP contribution in [0.5, 0.6) is 11.5 Å². The molecule has 0 spiro atoms. The van der Waals surface area contributed by atoms with Gasteiger partial charge in [0.25, 0.3) is 0 Å². The molecule has 33 heavy (non-hydrogen) atoms. The first-order chi connectivity index (χ1) is 15.5. The van der Waals surface area contributed by atoms with Gasteiger partial charge in [-0.1, -0.05) is 6.07 Å². The minimum atomic E-state index is -0.481. The molecule has 1 N–H and O–H groups in total. The van der Waals surface area contributed by atoms with Crippen LogP contribution in [0, 0.1) is 11.3 Å². The first kappa shape index (κ1) is 23.6. The summed E-state index contributed by atoms with van der Waals surface area (Å²) in [6, 6.07) is 15.9. The van der Waals surface area contributed by atoms with Crippen molar-refractivity contribution in [3.63, 3.8) is 0 Å². The second kappa shape index (κ2) is 10.1. The van der Waals surface area contributed by atoms with Gasteiger partial charge in [-0.3, -0.25) is 4.98 Å². The molecule has 4 aromatic rings. The Kier molecular flexibility index (Phi) is 7.21. The Morgan fingerprint density at radius 1 is 1.21 bits per heavy atom. The normalized spacial score (nSPS) is 10.3. The highest BCUT2D eigenvalue weighted by Crippen LogP contribution is 2.37. The number of phenols is 1. The molecule has 0 aliphatic carbocycles. The number of aryl methyl sites for hydroxylation is 1. The lowest BCUT2D eigenvalue weighted by Crippen LogP contribution is -2.11. The Labute approximate surface area is 197 Å². The molecule has 8 heteroatoms. The van der Waals surface area contributed by atoms with Gasteiger partial charge in [0.2, 0.25) is 0 Å². The fraction of sp³-hybridized carbons (Fsp3) is 0.160. The average Bonchev–Trinajstić information content (AvgIpc) is 3.08. The third kappa shape index (κ3) is 4.61. The van der Waals surface area contributed by atoms with Gasteiger partial charge in [0.15, 0.2) is 0 Å². The molecule has 2 heterocycles. The Balaban J connectivity index is 0.00000306. The van der Waals surface area contributed by atoms with Crippen LogP contribution in [-0.4, -0.2) is 27.2 Å². The van der Waals surface area contributed by atoms with Crippen LogP contribution >= 0.6 is 12.4 Å². The van der Waals surface area contributed by atoms with Crippen molar-refractivity contribution in [1.29, 1.82) is 5.26 Å². The third-order valence-electron chi connectivity index (χ3n) is 5.25. The molecule has 2 aromatic carbocycles. The van der Waals surface area contributed by atoms with Crippen LogP contribution in [-0.2, 0) is 18.4 Å². The van der Waals surface area contributed by atoms with Crippen molar-refractivity contribution < 1.29 is 19.4 Å². The minimum absolute atomic E-state index is 0. The van der Waals surface area contributed by atoms with Gasteiger partial charge in [-0.25, -0.2) is 4.79 Å². The zero-order chi connectivity index (χ0) is 22.7. The molecule has 0 aliphatic heterocycles. The molecule has 0 bridgehead atoms. The van der Waals surface area contributed by atoms with Gasteiger partial charge in [0.1, 0.15) is 18.1 Å². The fourth-order valence-electron chi connectivity index (χ4n) is 3.65. The van der Waals surface area contributed by atoms with E-state index in [1.165, 1.54) is 0 Å². The smallest absolute Gasteiger partial charge is 0.340 e. The van der Waals surface area contributed by atoms with Crippen molar-refractivity contribution in [2.75, 3.05) is 6.61 Å². The van der Waals surface area contributed by atoms with E-state index in [9.17, 15) is 9.90 Å². The van der Waals surface area contributed by atoms with Crippen LogP contribution in [0.4, 0.5) is 0 Å². The summed E-state index contributed by atoms with van der Waals surface area (Å²) in [5.41, 5.74) is 3.63. The van der Waals surface area contributed by atoms with Gasteiger partial charge >= 0.3 is 5.97 Å². The highest BCUT2D eigenvalue weighted by Gasteiger charge is 2.24. The van der Waals surface area contributed by atoms with Crippen molar-refractivity contribution in [3.8, 4) is 28.7 Å². The number of benzene rings is 2. The number of hydrogen-bond acceptors (Lipinski definition) is 6. The molecule has 0 saturated heterocycles. The van der Waals surface area contributed by atoms with Crippen molar-refractivity contribution >= 4 is 29.3 Å². The largest absolute Gasteiger partial charge is 0.507 e. The Bertz CT molecular complexity index is 1330. The number of aromatic nitrogens is 2. The summed E-state index contributed by atoms with van der Waals surface area (Å²) >= 11 is 0. The molecule has 4 rings (SSSR count). The van der Waals surface area contributed by atoms with E-state index in [2.05, 4.69) is 11.1 Å². The molecule has 0 atom stereocenters. The van der Waals surface area contributed by atoms with Crippen molar-refractivity contribution in [1.82, 2.24) is 9.55 Å². The van der Waals surface area contributed by atoms with Crippen LogP contribution in [0.25, 0.3) is 22.0 Å². The lowest BCUT2D eigenvalue weighted by molar-refractivity contribution is 0.0525. The Morgan fingerprint density at radius 2 is 1.97 bits per heavy atom. The molecule has 0 amide bonds. The number of carbonyl (C=O) groups excluding carboxylic acids is 1. The number of nitriles is 1. The number of fused-ring (bicyclic) bond motifs is 1. The van der Waals surface area contributed by atoms with Gasteiger partial charge < -0.3 is 19.1 Å². The summed E-state index contributed by atoms with van der Waals surface area (Å²) in [6.45, 7) is 2.08. The molecule has 0 fully saturated rings. The van der Waals surface area contributed by atoms with E-state index in [4.69, 9.17) is 14.7 Å². The molecule has 0 saturated carbocycles. The second-order valence-corrected chi connectivity index (χ2v) is 7.15. The summed E-state index contributed by atoms with van der Waals surface area (Å²) in [5, 5.41) is 20.2. The predicted octanol–water partition coefficient (Wildman–Crippen LogP) is 5.00. The van der Waals surface area contributed by atoms with Gasteiger partial charge in [0, 0.05) is 41.5 Å². The molecule has 2 aromatic heterocycles.